The highest BCUT2D eigenvalue weighted by Gasteiger charge is 2.21. The molecular weight excluding hydrogens is 318 g/mol. The second-order valence-electron chi connectivity index (χ2n) is 5.85. The third-order valence-corrected chi connectivity index (χ3v) is 3.98. The number of aliphatic hydroxyl groups excluding tert-OH is 1. The Kier molecular flexibility index (Phi) is 7.32. The van der Waals surface area contributed by atoms with Gasteiger partial charge in [0.15, 0.2) is 5.78 Å². The number of aliphatic carboxylic acids is 1. The van der Waals surface area contributed by atoms with Gasteiger partial charge in [0.2, 0.25) is 0 Å². The van der Waals surface area contributed by atoms with Crippen LogP contribution in [0.2, 0.25) is 0 Å². The molecule has 0 saturated heterocycles. The maximum Gasteiger partial charge on any atom is 0.321 e. The van der Waals surface area contributed by atoms with Gasteiger partial charge in [-0.15, -0.1) is 0 Å². The van der Waals surface area contributed by atoms with Crippen molar-refractivity contribution < 1.29 is 19.8 Å². The first kappa shape index (κ1) is 18.8. The molecule has 0 fully saturated rings. The first-order chi connectivity index (χ1) is 12.1. The van der Waals surface area contributed by atoms with Crippen LogP contribution in [-0.2, 0) is 4.79 Å². The minimum Gasteiger partial charge on any atom is -0.480 e. The van der Waals surface area contributed by atoms with Crippen LogP contribution >= 0.6 is 0 Å². The van der Waals surface area contributed by atoms with E-state index in [1.165, 1.54) is 0 Å². The van der Waals surface area contributed by atoms with Gasteiger partial charge in [0, 0.05) is 18.6 Å². The molecule has 0 aliphatic rings. The monoisotopic (exact) mass is 341 g/mol. The summed E-state index contributed by atoms with van der Waals surface area (Å²) in [7, 11) is 0. The van der Waals surface area contributed by atoms with E-state index in [1.54, 1.807) is 12.1 Å². The number of carboxylic acids is 1. The Hall–Kier alpha value is -2.50. The molecule has 5 heteroatoms. The fourth-order valence-corrected chi connectivity index (χ4v) is 2.54. The fraction of sp³-hybridized carbons (Fsp3) is 0.300. The lowest BCUT2D eigenvalue weighted by Gasteiger charge is -2.13. The van der Waals surface area contributed by atoms with Crippen molar-refractivity contribution >= 4 is 11.8 Å². The molecular formula is C20H23NO4. The number of rotatable bonds is 10. The third-order valence-electron chi connectivity index (χ3n) is 3.98. The molecule has 0 aromatic heterocycles. The minimum absolute atomic E-state index is 0.0755. The van der Waals surface area contributed by atoms with E-state index >= 15 is 0 Å². The predicted octanol–water partition coefficient (Wildman–Crippen LogP) is 2.74. The smallest absolute Gasteiger partial charge is 0.321 e. The first-order valence-corrected chi connectivity index (χ1v) is 8.37. The fourth-order valence-electron chi connectivity index (χ4n) is 2.54. The summed E-state index contributed by atoms with van der Waals surface area (Å²) >= 11 is 0. The number of hydrogen-bond acceptors (Lipinski definition) is 4. The maximum atomic E-state index is 12.4. The average molecular weight is 341 g/mol. The van der Waals surface area contributed by atoms with Crippen LogP contribution in [0, 0.1) is 0 Å². The molecule has 2 aromatic carbocycles. The molecule has 1 atom stereocenters. The summed E-state index contributed by atoms with van der Waals surface area (Å²) < 4.78 is 0. The van der Waals surface area contributed by atoms with Gasteiger partial charge in [-0.3, -0.25) is 9.59 Å². The van der Waals surface area contributed by atoms with Gasteiger partial charge in [-0.2, -0.15) is 0 Å². The molecule has 0 amide bonds. The van der Waals surface area contributed by atoms with Gasteiger partial charge < -0.3 is 15.5 Å². The third kappa shape index (κ3) is 5.81. The highest BCUT2D eigenvalue weighted by Crippen LogP contribution is 2.20. The zero-order chi connectivity index (χ0) is 18.1. The van der Waals surface area contributed by atoms with Crippen molar-refractivity contribution in [3.63, 3.8) is 0 Å². The summed E-state index contributed by atoms with van der Waals surface area (Å²) in [5.74, 6) is -1.25. The van der Waals surface area contributed by atoms with E-state index in [0.717, 1.165) is 11.1 Å². The topological polar surface area (TPSA) is 86.6 Å². The molecule has 0 saturated carbocycles. The molecule has 3 N–H and O–H groups in total. The molecule has 0 aliphatic heterocycles. The van der Waals surface area contributed by atoms with Gasteiger partial charge in [0.05, 0.1) is 0 Å². The summed E-state index contributed by atoms with van der Waals surface area (Å²) in [6.45, 7) is 0.532. The van der Waals surface area contributed by atoms with Gasteiger partial charge in [-0.1, -0.05) is 54.6 Å². The number of benzene rings is 2. The largest absolute Gasteiger partial charge is 0.480 e. The van der Waals surface area contributed by atoms with Gasteiger partial charge in [-0.05, 0) is 30.5 Å². The average Bonchev–Trinajstić information content (AvgIpc) is 2.64. The van der Waals surface area contributed by atoms with Crippen molar-refractivity contribution in [1.29, 1.82) is 0 Å². The lowest BCUT2D eigenvalue weighted by molar-refractivity contribution is -0.139. The predicted molar refractivity (Wildman–Crippen MR) is 96.6 cm³/mol. The highest BCUT2D eigenvalue weighted by molar-refractivity contribution is 5.99. The molecule has 132 valence electrons. The van der Waals surface area contributed by atoms with E-state index in [-0.39, 0.29) is 18.8 Å². The Morgan fingerprint density at radius 1 is 0.920 bits per heavy atom. The number of ketones is 1. The van der Waals surface area contributed by atoms with Gasteiger partial charge in [0.25, 0.3) is 0 Å². The zero-order valence-corrected chi connectivity index (χ0v) is 14.0. The Balaban J connectivity index is 1.97. The van der Waals surface area contributed by atoms with Crippen molar-refractivity contribution in [1.82, 2.24) is 5.32 Å². The molecule has 0 radical (unpaired) electrons. The van der Waals surface area contributed by atoms with E-state index in [4.69, 9.17) is 5.11 Å². The van der Waals surface area contributed by atoms with Crippen molar-refractivity contribution in [3.8, 4) is 11.1 Å². The molecule has 1 unspecified atom stereocenters. The Morgan fingerprint density at radius 3 is 2.16 bits per heavy atom. The Labute approximate surface area is 147 Å². The number of hydrogen-bond donors (Lipinski definition) is 3. The van der Waals surface area contributed by atoms with Crippen molar-refractivity contribution in [2.75, 3.05) is 13.2 Å². The van der Waals surface area contributed by atoms with E-state index in [1.807, 2.05) is 42.5 Å². The van der Waals surface area contributed by atoms with E-state index in [0.29, 0.717) is 24.9 Å². The normalized spacial score (nSPS) is 11.9. The van der Waals surface area contributed by atoms with Crippen molar-refractivity contribution in [3.05, 3.63) is 60.2 Å². The number of nitrogens with one attached hydrogen (secondary N) is 1. The molecule has 5 nitrogen and oxygen atoms in total. The number of Topliss-reactive ketones (excluding diaryl/α,β-unsaturated/α-hetero) is 1. The number of unbranched alkanes of at least 4 members (excludes halogenated alkanes) is 1. The quantitative estimate of drug-likeness (QED) is 0.457. The van der Waals surface area contributed by atoms with Gasteiger partial charge in [0.1, 0.15) is 6.04 Å². The molecule has 25 heavy (non-hydrogen) atoms. The van der Waals surface area contributed by atoms with Crippen molar-refractivity contribution in [2.45, 2.75) is 25.3 Å². The molecule has 2 rings (SSSR count). The van der Waals surface area contributed by atoms with Gasteiger partial charge in [-0.25, -0.2) is 0 Å². The van der Waals surface area contributed by atoms with Gasteiger partial charge >= 0.3 is 5.97 Å². The minimum atomic E-state index is -1.04. The lowest BCUT2D eigenvalue weighted by atomic mass is 9.99. The second kappa shape index (κ2) is 9.71. The van der Waals surface area contributed by atoms with Crippen LogP contribution in [0.4, 0.5) is 0 Å². The SMILES string of the molecule is O=C(CC(NCCCCO)C(=O)O)c1ccc(-c2ccccc2)cc1. The standard InChI is InChI=1S/C20H23NO4/c22-13-5-4-12-21-18(20(24)25)14-19(23)17-10-8-16(9-11-17)15-6-2-1-3-7-15/h1-3,6-11,18,21-22H,4-5,12-14H2,(H,24,25). The van der Waals surface area contributed by atoms with Crippen LogP contribution in [0.1, 0.15) is 29.6 Å². The summed E-state index contributed by atoms with van der Waals surface area (Å²) in [4.78, 5) is 23.7. The summed E-state index contributed by atoms with van der Waals surface area (Å²) in [6, 6.07) is 16.1. The second-order valence-corrected chi connectivity index (χ2v) is 5.85. The number of carbonyl (C=O) groups excluding carboxylic acids is 1. The lowest BCUT2D eigenvalue weighted by Crippen LogP contribution is -2.39. The first-order valence-electron chi connectivity index (χ1n) is 8.37. The van der Waals surface area contributed by atoms with E-state index in [2.05, 4.69) is 5.32 Å². The summed E-state index contributed by atoms with van der Waals surface area (Å²) in [6.07, 6.45) is 1.17. The van der Waals surface area contributed by atoms with Crippen LogP contribution in [-0.4, -0.2) is 41.2 Å². The van der Waals surface area contributed by atoms with E-state index < -0.39 is 12.0 Å². The Morgan fingerprint density at radius 2 is 1.56 bits per heavy atom. The molecule has 2 aromatic rings. The number of carbonyl (C=O) groups is 2. The molecule has 0 aliphatic carbocycles. The van der Waals surface area contributed by atoms with Crippen LogP contribution in [0.3, 0.4) is 0 Å². The van der Waals surface area contributed by atoms with Crippen LogP contribution in [0.15, 0.2) is 54.6 Å². The number of carboxylic acid groups (broad SMARTS) is 1. The zero-order valence-electron chi connectivity index (χ0n) is 14.0. The van der Waals surface area contributed by atoms with Crippen LogP contribution in [0.25, 0.3) is 11.1 Å². The van der Waals surface area contributed by atoms with Crippen molar-refractivity contribution in [2.24, 2.45) is 0 Å². The maximum absolute atomic E-state index is 12.4. The Bertz CT molecular complexity index is 683. The summed E-state index contributed by atoms with van der Waals surface area (Å²) in [5, 5.41) is 20.9. The van der Waals surface area contributed by atoms with Crippen LogP contribution < -0.4 is 5.32 Å². The molecule has 0 bridgehead atoms. The molecule has 0 heterocycles. The van der Waals surface area contributed by atoms with Crippen LogP contribution in [0.5, 0.6) is 0 Å². The molecule has 0 spiro atoms. The highest BCUT2D eigenvalue weighted by atomic mass is 16.4. The van der Waals surface area contributed by atoms with E-state index in [9.17, 15) is 14.7 Å². The summed E-state index contributed by atoms with van der Waals surface area (Å²) in [5.41, 5.74) is 2.58. The number of aliphatic hydroxyl groups is 1.